The van der Waals surface area contributed by atoms with Crippen LogP contribution in [0.15, 0.2) is 18.2 Å². The van der Waals surface area contributed by atoms with E-state index in [1.807, 2.05) is 0 Å². The number of rotatable bonds is 3. The van der Waals surface area contributed by atoms with E-state index < -0.39 is 22.1 Å². The Labute approximate surface area is 112 Å². The van der Waals surface area contributed by atoms with Crippen molar-refractivity contribution in [2.75, 3.05) is 20.7 Å². The first-order valence-electron chi connectivity index (χ1n) is 6.02. The molecule has 19 heavy (non-hydrogen) atoms. The zero-order valence-electron chi connectivity index (χ0n) is 10.9. The summed E-state index contributed by atoms with van der Waals surface area (Å²) in [5.41, 5.74) is 0.544. The summed E-state index contributed by atoms with van der Waals surface area (Å²) in [4.78, 5) is 0. The van der Waals surface area contributed by atoms with Gasteiger partial charge in [-0.1, -0.05) is 0 Å². The minimum atomic E-state index is -3.56. The quantitative estimate of drug-likeness (QED) is 0.915. The van der Waals surface area contributed by atoms with Crippen molar-refractivity contribution in [3.05, 3.63) is 29.6 Å². The zero-order chi connectivity index (χ0) is 14.0. The summed E-state index contributed by atoms with van der Waals surface area (Å²) < 4.78 is 46.3. The molecular formula is C12H17FN2O3S. The monoisotopic (exact) mass is 288 g/mol. The third kappa shape index (κ3) is 3.23. The molecule has 1 aliphatic heterocycles. The van der Waals surface area contributed by atoms with Crippen molar-refractivity contribution in [2.24, 2.45) is 0 Å². The van der Waals surface area contributed by atoms with Gasteiger partial charge in [-0.15, -0.1) is 0 Å². The summed E-state index contributed by atoms with van der Waals surface area (Å²) >= 11 is 0. The highest BCUT2D eigenvalue weighted by Crippen LogP contribution is 2.32. The maximum atomic E-state index is 13.3. The zero-order valence-corrected chi connectivity index (χ0v) is 11.7. The molecule has 1 N–H and O–H groups in total. The highest BCUT2D eigenvalue weighted by molar-refractivity contribution is 7.87. The molecule has 2 rings (SSSR count). The predicted octanol–water partition coefficient (Wildman–Crippen LogP) is 1.44. The van der Waals surface area contributed by atoms with Gasteiger partial charge in [0.25, 0.3) is 10.2 Å². The lowest BCUT2D eigenvalue weighted by Gasteiger charge is -2.21. The second kappa shape index (κ2) is 5.44. The molecular weight excluding hydrogens is 271 g/mol. The Morgan fingerprint density at radius 1 is 1.42 bits per heavy atom. The number of hydrogen-bond acceptors (Lipinski definition) is 3. The van der Waals surface area contributed by atoms with Crippen LogP contribution in [-0.2, 0) is 10.2 Å². The fourth-order valence-electron chi connectivity index (χ4n) is 1.96. The molecule has 1 aliphatic rings. The fourth-order valence-corrected chi connectivity index (χ4v) is 2.77. The van der Waals surface area contributed by atoms with Crippen LogP contribution < -0.4 is 9.46 Å². The largest absolute Gasteiger partial charge is 0.493 e. The molecule has 1 heterocycles. The van der Waals surface area contributed by atoms with Crippen LogP contribution in [0.1, 0.15) is 24.4 Å². The Balaban J connectivity index is 2.34. The number of fused-ring (bicyclic) bond motifs is 1. The lowest BCUT2D eigenvalue weighted by Crippen LogP contribution is -2.38. The minimum absolute atomic E-state index is 0.404. The van der Waals surface area contributed by atoms with Gasteiger partial charge in [-0.2, -0.15) is 17.4 Å². The smallest absolute Gasteiger partial charge is 0.279 e. The van der Waals surface area contributed by atoms with Crippen molar-refractivity contribution in [1.29, 1.82) is 0 Å². The van der Waals surface area contributed by atoms with Crippen molar-refractivity contribution < 1.29 is 17.5 Å². The summed E-state index contributed by atoms with van der Waals surface area (Å²) in [6.07, 6.45) is 1.28. The van der Waals surface area contributed by atoms with E-state index in [9.17, 15) is 12.8 Å². The molecule has 0 radical (unpaired) electrons. The third-order valence-corrected chi connectivity index (χ3v) is 4.56. The van der Waals surface area contributed by atoms with Gasteiger partial charge < -0.3 is 4.74 Å². The van der Waals surface area contributed by atoms with E-state index in [0.717, 1.165) is 4.31 Å². The van der Waals surface area contributed by atoms with Crippen LogP contribution in [-0.4, -0.2) is 33.4 Å². The van der Waals surface area contributed by atoms with Gasteiger partial charge in [-0.05, 0) is 31.0 Å². The van der Waals surface area contributed by atoms with E-state index in [0.29, 0.717) is 30.8 Å². The van der Waals surface area contributed by atoms with Crippen LogP contribution in [0.5, 0.6) is 5.75 Å². The summed E-state index contributed by atoms with van der Waals surface area (Å²) in [5.74, 6) is 0.128. The van der Waals surface area contributed by atoms with Gasteiger partial charge in [-0.3, -0.25) is 0 Å². The van der Waals surface area contributed by atoms with Gasteiger partial charge >= 0.3 is 0 Å². The molecule has 0 amide bonds. The highest BCUT2D eigenvalue weighted by Gasteiger charge is 2.25. The Hall–Kier alpha value is -1.18. The van der Waals surface area contributed by atoms with Crippen LogP contribution in [0, 0.1) is 5.82 Å². The normalized spacial score (nSPS) is 19.7. The van der Waals surface area contributed by atoms with Crippen LogP contribution in [0.3, 0.4) is 0 Å². The average Bonchev–Trinajstić information content (AvgIpc) is 2.51. The van der Waals surface area contributed by atoms with E-state index in [1.165, 1.54) is 32.3 Å². The molecule has 0 spiro atoms. The summed E-state index contributed by atoms with van der Waals surface area (Å²) in [6.45, 7) is 0.499. The van der Waals surface area contributed by atoms with Gasteiger partial charge in [0, 0.05) is 19.7 Å². The molecule has 0 aliphatic carbocycles. The summed E-state index contributed by atoms with van der Waals surface area (Å²) in [5, 5.41) is 0. The SMILES string of the molecule is CN(C)S(=O)(=O)NC1CCCOc2ccc(F)cc21. The van der Waals surface area contributed by atoms with Crippen LogP contribution in [0.2, 0.25) is 0 Å². The van der Waals surface area contributed by atoms with Crippen LogP contribution in [0.4, 0.5) is 4.39 Å². The first kappa shape index (κ1) is 14.2. The number of nitrogens with one attached hydrogen (secondary N) is 1. The summed E-state index contributed by atoms with van der Waals surface area (Å²) in [6, 6.07) is 3.69. The van der Waals surface area contributed by atoms with Gasteiger partial charge in [0.1, 0.15) is 11.6 Å². The Morgan fingerprint density at radius 3 is 2.84 bits per heavy atom. The van der Waals surface area contributed by atoms with E-state index in [-0.39, 0.29) is 0 Å². The van der Waals surface area contributed by atoms with Crippen molar-refractivity contribution in [3.8, 4) is 5.75 Å². The lowest BCUT2D eigenvalue weighted by atomic mass is 10.0. The number of nitrogens with zero attached hydrogens (tertiary/aromatic N) is 1. The molecule has 0 fully saturated rings. The first-order valence-corrected chi connectivity index (χ1v) is 7.46. The van der Waals surface area contributed by atoms with Gasteiger partial charge in [0.05, 0.1) is 12.6 Å². The second-order valence-electron chi connectivity index (χ2n) is 4.63. The number of ether oxygens (including phenoxy) is 1. The Kier molecular flexibility index (Phi) is 4.07. The first-order chi connectivity index (χ1) is 8.90. The number of benzene rings is 1. The molecule has 0 aromatic heterocycles. The van der Waals surface area contributed by atoms with Crippen molar-refractivity contribution in [3.63, 3.8) is 0 Å². The third-order valence-electron chi connectivity index (χ3n) is 3.01. The number of halogens is 1. The average molecular weight is 288 g/mol. The molecule has 1 atom stereocenters. The molecule has 5 nitrogen and oxygen atoms in total. The highest BCUT2D eigenvalue weighted by atomic mass is 32.2. The van der Waals surface area contributed by atoms with Crippen molar-refractivity contribution in [2.45, 2.75) is 18.9 Å². The lowest BCUT2D eigenvalue weighted by molar-refractivity contribution is 0.315. The number of hydrogen-bond donors (Lipinski definition) is 1. The molecule has 7 heteroatoms. The van der Waals surface area contributed by atoms with E-state index in [1.54, 1.807) is 0 Å². The van der Waals surface area contributed by atoms with Crippen LogP contribution in [0.25, 0.3) is 0 Å². The molecule has 106 valence electrons. The van der Waals surface area contributed by atoms with E-state index in [2.05, 4.69) is 4.72 Å². The fraction of sp³-hybridized carbons (Fsp3) is 0.500. The minimum Gasteiger partial charge on any atom is -0.493 e. The Bertz CT molecular complexity index is 560. The van der Waals surface area contributed by atoms with Crippen LogP contribution >= 0.6 is 0 Å². The molecule has 0 bridgehead atoms. The molecule has 1 aromatic rings. The molecule has 1 unspecified atom stereocenters. The van der Waals surface area contributed by atoms with E-state index >= 15 is 0 Å². The van der Waals surface area contributed by atoms with E-state index in [4.69, 9.17) is 4.74 Å². The van der Waals surface area contributed by atoms with Crippen molar-refractivity contribution in [1.82, 2.24) is 9.03 Å². The topological polar surface area (TPSA) is 58.6 Å². The molecule has 0 saturated carbocycles. The predicted molar refractivity (Wildman–Crippen MR) is 69.6 cm³/mol. The maximum Gasteiger partial charge on any atom is 0.279 e. The standard InChI is InChI=1S/C12H17FN2O3S/c1-15(2)19(16,17)14-11-4-3-7-18-12-6-5-9(13)8-10(11)12/h5-6,8,11,14H,3-4,7H2,1-2H3. The summed E-state index contributed by atoms with van der Waals surface area (Å²) in [7, 11) is -0.671. The van der Waals surface area contributed by atoms with Gasteiger partial charge in [-0.25, -0.2) is 4.39 Å². The maximum absolute atomic E-state index is 13.3. The molecule has 1 aromatic carbocycles. The van der Waals surface area contributed by atoms with Gasteiger partial charge in [0.2, 0.25) is 0 Å². The van der Waals surface area contributed by atoms with Gasteiger partial charge in [0.15, 0.2) is 0 Å². The Morgan fingerprint density at radius 2 is 2.16 bits per heavy atom. The molecule has 0 saturated heterocycles. The second-order valence-corrected chi connectivity index (χ2v) is 6.55. The van der Waals surface area contributed by atoms with Crippen molar-refractivity contribution >= 4 is 10.2 Å².